The lowest BCUT2D eigenvalue weighted by molar-refractivity contribution is 0.512. The van der Waals surface area contributed by atoms with Gasteiger partial charge in [-0.1, -0.05) is 22.0 Å². The number of nitrogens with zero attached hydrogens (tertiary/aromatic N) is 1. The Kier molecular flexibility index (Phi) is 3.10. The molecule has 0 amide bonds. The summed E-state index contributed by atoms with van der Waals surface area (Å²) in [4.78, 5) is 11.9. The minimum atomic E-state index is -0.534. The van der Waals surface area contributed by atoms with Gasteiger partial charge in [-0.15, -0.1) is 0 Å². The van der Waals surface area contributed by atoms with Crippen LogP contribution in [0.25, 0.3) is 11.1 Å². The first-order chi connectivity index (χ1) is 9.54. The van der Waals surface area contributed by atoms with Crippen molar-refractivity contribution in [2.45, 2.75) is 6.54 Å². The van der Waals surface area contributed by atoms with E-state index in [0.29, 0.717) is 26.8 Å². The standard InChI is InChI=1S/C14H10BrFN2O2/c15-9-2-1-8(11(16)5-9)7-18-12-4-3-10(17)6-13(12)20-14(18)19/h1-6H,7,17H2. The quantitative estimate of drug-likeness (QED) is 0.731. The second-order valence-electron chi connectivity index (χ2n) is 4.42. The Hall–Kier alpha value is -2.08. The number of aromatic nitrogens is 1. The average Bonchev–Trinajstić information content (AvgIpc) is 2.68. The van der Waals surface area contributed by atoms with Gasteiger partial charge in [0.2, 0.25) is 0 Å². The number of hydrogen-bond donors (Lipinski definition) is 1. The second kappa shape index (κ2) is 4.79. The molecule has 1 heterocycles. The molecule has 0 aliphatic rings. The number of oxazole rings is 1. The van der Waals surface area contributed by atoms with Crippen LogP contribution in [0.5, 0.6) is 0 Å². The summed E-state index contributed by atoms with van der Waals surface area (Å²) in [6.07, 6.45) is 0. The minimum Gasteiger partial charge on any atom is -0.408 e. The summed E-state index contributed by atoms with van der Waals surface area (Å²) in [5, 5.41) is 0. The molecular weight excluding hydrogens is 327 g/mol. The highest BCUT2D eigenvalue weighted by molar-refractivity contribution is 9.10. The fraction of sp³-hybridized carbons (Fsp3) is 0.0714. The molecule has 2 aromatic carbocycles. The van der Waals surface area contributed by atoms with Gasteiger partial charge >= 0.3 is 5.76 Å². The van der Waals surface area contributed by atoms with Crippen LogP contribution in [0, 0.1) is 5.82 Å². The molecule has 6 heteroatoms. The Balaban J connectivity index is 2.11. The predicted octanol–water partition coefficient (Wildman–Crippen LogP) is 3.13. The summed E-state index contributed by atoms with van der Waals surface area (Å²) in [6.45, 7) is 0.106. The van der Waals surface area contributed by atoms with E-state index in [1.165, 1.54) is 10.6 Å². The number of benzene rings is 2. The molecule has 4 nitrogen and oxygen atoms in total. The van der Waals surface area contributed by atoms with Crippen molar-refractivity contribution in [1.29, 1.82) is 0 Å². The molecule has 0 saturated heterocycles. The number of nitrogens with two attached hydrogens (primary N) is 1. The minimum absolute atomic E-state index is 0.106. The third-order valence-corrected chi connectivity index (χ3v) is 3.53. The molecule has 0 atom stereocenters. The summed E-state index contributed by atoms with van der Waals surface area (Å²) in [6, 6.07) is 9.65. The number of anilines is 1. The smallest absolute Gasteiger partial charge is 0.408 e. The van der Waals surface area contributed by atoms with Crippen molar-refractivity contribution in [3.8, 4) is 0 Å². The fourth-order valence-electron chi connectivity index (χ4n) is 2.05. The van der Waals surface area contributed by atoms with Crippen LogP contribution >= 0.6 is 15.9 Å². The Bertz CT molecular complexity index is 854. The van der Waals surface area contributed by atoms with Crippen molar-refractivity contribution in [3.63, 3.8) is 0 Å². The summed E-state index contributed by atoms with van der Waals surface area (Å²) in [5.74, 6) is -0.913. The molecule has 3 aromatic rings. The summed E-state index contributed by atoms with van der Waals surface area (Å²) in [5.41, 5.74) is 7.54. The molecule has 0 unspecified atom stereocenters. The number of nitrogen functional groups attached to an aromatic ring is 1. The van der Waals surface area contributed by atoms with E-state index in [1.54, 1.807) is 30.3 Å². The third kappa shape index (κ3) is 2.22. The molecule has 102 valence electrons. The van der Waals surface area contributed by atoms with Crippen LogP contribution in [-0.4, -0.2) is 4.57 Å². The molecule has 0 radical (unpaired) electrons. The van der Waals surface area contributed by atoms with Gasteiger partial charge in [0.25, 0.3) is 0 Å². The second-order valence-corrected chi connectivity index (χ2v) is 5.33. The SMILES string of the molecule is Nc1ccc2c(c1)oc(=O)n2Cc1ccc(Br)cc1F. The number of halogens is 2. The Morgan fingerprint density at radius 3 is 2.80 bits per heavy atom. The average molecular weight is 337 g/mol. The lowest BCUT2D eigenvalue weighted by Gasteiger charge is -2.05. The fourth-order valence-corrected chi connectivity index (χ4v) is 2.39. The van der Waals surface area contributed by atoms with Gasteiger partial charge in [0.1, 0.15) is 5.82 Å². The molecule has 0 fully saturated rings. The molecule has 3 rings (SSSR count). The lowest BCUT2D eigenvalue weighted by atomic mass is 10.2. The summed E-state index contributed by atoms with van der Waals surface area (Å²) in [7, 11) is 0. The van der Waals surface area contributed by atoms with Gasteiger partial charge in [0, 0.05) is 21.8 Å². The van der Waals surface area contributed by atoms with E-state index >= 15 is 0 Å². The zero-order valence-electron chi connectivity index (χ0n) is 10.3. The van der Waals surface area contributed by atoms with Crippen molar-refractivity contribution in [3.05, 3.63) is 62.8 Å². The van der Waals surface area contributed by atoms with Gasteiger partial charge in [-0.05, 0) is 24.3 Å². The van der Waals surface area contributed by atoms with Crippen LogP contribution in [0.4, 0.5) is 10.1 Å². The first-order valence-corrected chi connectivity index (χ1v) is 6.67. The van der Waals surface area contributed by atoms with E-state index in [2.05, 4.69) is 15.9 Å². The highest BCUT2D eigenvalue weighted by Gasteiger charge is 2.12. The maximum absolute atomic E-state index is 13.8. The first kappa shape index (κ1) is 12.9. The summed E-state index contributed by atoms with van der Waals surface area (Å²) < 4.78 is 21.0. The zero-order chi connectivity index (χ0) is 14.3. The molecule has 0 saturated carbocycles. The van der Waals surface area contributed by atoms with Gasteiger partial charge < -0.3 is 10.2 Å². The van der Waals surface area contributed by atoms with Gasteiger partial charge in [-0.25, -0.2) is 9.18 Å². The van der Waals surface area contributed by atoms with Crippen LogP contribution in [-0.2, 0) is 6.54 Å². The van der Waals surface area contributed by atoms with E-state index in [1.807, 2.05) is 0 Å². The molecule has 20 heavy (non-hydrogen) atoms. The lowest BCUT2D eigenvalue weighted by Crippen LogP contribution is -2.15. The van der Waals surface area contributed by atoms with E-state index in [9.17, 15) is 9.18 Å². The molecule has 1 aromatic heterocycles. The molecule has 0 bridgehead atoms. The van der Waals surface area contributed by atoms with Crippen molar-refractivity contribution in [2.24, 2.45) is 0 Å². The van der Waals surface area contributed by atoms with Gasteiger partial charge in [-0.2, -0.15) is 0 Å². The van der Waals surface area contributed by atoms with E-state index in [-0.39, 0.29) is 12.4 Å². The van der Waals surface area contributed by atoms with Gasteiger partial charge in [0.15, 0.2) is 5.58 Å². The van der Waals surface area contributed by atoms with E-state index in [4.69, 9.17) is 10.2 Å². The van der Waals surface area contributed by atoms with Crippen LogP contribution in [0.1, 0.15) is 5.56 Å². The third-order valence-electron chi connectivity index (χ3n) is 3.04. The van der Waals surface area contributed by atoms with Crippen LogP contribution < -0.4 is 11.5 Å². The largest absolute Gasteiger partial charge is 0.420 e. The maximum atomic E-state index is 13.8. The highest BCUT2D eigenvalue weighted by Crippen LogP contribution is 2.20. The van der Waals surface area contributed by atoms with E-state index < -0.39 is 5.76 Å². The molecule has 0 aliphatic heterocycles. The van der Waals surface area contributed by atoms with Crippen molar-refractivity contribution in [2.75, 3.05) is 5.73 Å². The molecule has 0 spiro atoms. The van der Waals surface area contributed by atoms with Gasteiger partial charge in [-0.3, -0.25) is 4.57 Å². The molecule has 2 N–H and O–H groups in total. The predicted molar refractivity (Wildman–Crippen MR) is 78.1 cm³/mol. The number of rotatable bonds is 2. The van der Waals surface area contributed by atoms with E-state index in [0.717, 1.165) is 0 Å². The highest BCUT2D eigenvalue weighted by atomic mass is 79.9. The maximum Gasteiger partial charge on any atom is 0.420 e. The van der Waals surface area contributed by atoms with Crippen LogP contribution in [0.15, 0.2) is 50.1 Å². The van der Waals surface area contributed by atoms with Crippen molar-refractivity contribution < 1.29 is 8.81 Å². The Morgan fingerprint density at radius 2 is 2.05 bits per heavy atom. The topological polar surface area (TPSA) is 61.2 Å². The van der Waals surface area contributed by atoms with Crippen molar-refractivity contribution >= 4 is 32.7 Å². The van der Waals surface area contributed by atoms with Gasteiger partial charge in [0.05, 0.1) is 12.1 Å². The normalized spacial score (nSPS) is 11.1. The van der Waals surface area contributed by atoms with Crippen LogP contribution in [0.3, 0.4) is 0 Å². The van der Waals surface area contributed by atoms with Crippen LogP contribution in [0.2, 0.25) is 0 Å². The Morgan fingerprint density at radius 1 is 1.25 bits per heavy atom. The molecule has 0 aliphatic carbocycles. The molecular formula is C14H10BrFN2O2. The zero-order valence-corrected chi connectivity index (χ0v) is 11.9. The Labute approximate surface area is 121 Å². The number of hydrogen-bond acceptors (Lipinski definition) is 3. The number of fused-ring (bicyclic) bond motifs is 1. The monoisotopic (exact) mass is 336 g/mol. The first-order valence-electron chi connectivity index (χ1n) is 5.87. The summed E-state index contributed by atoms with van der Waals surface area (Å²) >= 11 is 3.20. The van der Waals surface area contributed by atoms with Crippen molar-refractivity contribution in [1.82, 2.24) is 4.57 Å².